The molecule has 0 spiro atoms. The van der Waals surface area contributed by atoms with E-state index in [1.807, 2.05) is 0 Å². The predicted molar refractivity (Wildman–Crippen MR) is 66.2 cm³/mol. The van der Waals surface area contributed by atoms with Gasteiger partial charge in [-0.05, 0) is 41.0 Å². The average molecular weight is 249 g/mol. The second kappa shape index (κ2) is 5.14. The molecule has 2 rings (SSSR count). The van der Waals surface area contributed by atoms with Crippen molar-refractivity contribution >= 4 is 0 Å². The van der Waals surface area contributed by atoms with Crippen LogP contribution in [0.3, 0.4) is 0 Å². The van der Waals surface area contributed by atoms with Gasteiger partial charge in [0.15, 0.2) is 11.6 Å². The highest BCUT2D eigenvalue weighted by Crippen LogP contribution is 2.28. The Morgan fingerprint density at radius 3 is 2.50 bits per heavy atom. The van der Waals surface area contributed by atoms with Gasteiger partial charge in [-0.3, -0.25) is 0 Å². The number of ether oxygens (including phenoxy) is 1. The first-order valence-corrected chi connectivity index (χ1v) is 5.48. The first kappa shape index (κ1) is 12.5. The maximum atomic E-state index is 13.6. The minimum absolute atomic E-state index is 0.176. The van der Waals surface area contributed by atoms with E-state index in [0.717, 1.165) is 5.56 Å². The van der Waals surface area contributed by atoms with Crippen LogP contribution in [0.4, 0.5) is 8.78 Å². The van der Waals surface area contributed by atoms with Gasteiger partial charge in [0.05, 0.1) is 7.11 Å². The van der Waals surface area contributed by atoms with E-state index in [1.165, 1.54) is 31.4 Å². The van der Waals surface area contributed by atoms with Crippen molar-refractivity contribution in [2.45, 2.75) is 6.54 Å². The second-order valence-electron chi connectivity index (χ2n) is 3.85. The van der Waals surface area contributed by atoms with Crippen LogP contribution in [0.5, 0.6) is 5.75 Å². The van der Waals surface area contributed by atoms with Crippen LogP contribution in [0.1, 0.15) is 5.56 Å². The first-order valence-electron chi connectivity index (χ1n) is 5.48. The Bertz CT molecular complexity index is 570. The fourth-order valence-corrected chi connectivity index (χ4v) is 1.85. The molecule has 0 aliphatic heterocycles. The Hall–Kier alpha value is -1.94. The molecule has 0 radical (unpaired) electrons. The van der Waals surface area contributed by atoms with E-state index in [-0.39, 0.29) is 18.1 Å². The van der Waals surface area contributed by atoms with Crippen LogP contribution in [-0.4, -0.2) is 7.11 Å². The van der Waals surface area contributed by atoms with E-state index in [0.29, 0.717) is 11.1 Å². The molecule has 0 fully saturated rings. The summed E-state index contributed by atoms with van der Waals surface area (Å²) < 4.78 is 31.6. The lowest BCUT2D eigenvalue weighted by atomic mass is 9.99. The molecule has 0 aliphatic rings. The molecule has 2 aromatic rings. The number of rotatable bonds is 3. The average Bonchev–Trinajstić information content (AvgIpc) is 2.38. The summed E-state index contributed by atoms with van der Waals surface area (Å²) in [6.07, 6.45) is 0. The Kier molecular flexibility index (Phi) is 3.58. The number of benzene rings is 2. The molecule has 0 amide bonds. The zero-order valence-corrected chi connectivity index (χ0v) is 9.91. The van der Waals surface area contributed by atoms with Crippen molar-refractivity contribution in [1.29, 1.82) is 0 Å². The lowest BCUT2D eigenvalue weighted by Crippen LogP contribution is -2.00. The molecular formula is C14H13F2NO. The summed E-state index contributed by atoms with van der Waals surface area (Å²) in [5.74, 6) is -0.634. The molecule has 4 heteroatoms. The van der Waals surface area contributed by atoms with E-state index in [1.54, 1.807) is 12.1 Å². The first-order chi connectivity index (χ1) is 8.65. The number of nitrogens with two attached hydrogens (primary N) is 1. The van der Waals surface area contributed by atoms with Crippen molar-refractivity contribution in [3.05, 3.63) is 53.6 Å². The second-order valence-corrected chi connectivity index (χ2v) is 3.85. The van der Waals surface area contributed by atoms with Crippen molar-refractivity contribution in [3.63, 3.8) is 0 Å². The van der Waals surface area contributed by atoms with Gasteiger partial charge in [0.1, 0.15) is 5.82 Å². The van der Waals surface area contributed by atoms with Crippen LogP contribution < -0.4 is 10.5 Å². The number of hydrogen-bond donors (Lipinski definition) is 1. The van der Waals surface area contributed by atoms with Gasteiger partial charge in [-0.15, -0.1) is 0 Å². The molecule has 94 valence electrons. The van der Waals surface area contributed by atoms with E-state index in [4.69, 9.17) is 10.5 Å². The van der Waals surface area contributed by atoms with Crippen molar-refractivity contribution in [3.8, 4) is 16.9 Å². The summed E-state index contributed by atoms with van der Waals surface area (Å²) in [6.45, 7) is 0.195. The van der Waals surface area contributed by atoms with Crippen LogP contribution in [0.15, 0.2) is 36.4 Å². The maximum Gasteiger partial charge on any atom is 0.165 e. The molecule has 0 saturated carbocycles. The minimum atomic E-state index is -0.456. The molecule has 0 saturated heterocycles. The molecular weight excluding hydrogens is 236 g/mol. The highest BCUT2D eigenvalue weighted by molar-refractivity contribution is 5.68. The molecule has 0 aromatic heterocycles. The molecule has 18 heavy (non-hydrogen) atoms. The van der Waals surface area contributed by atoms with Crippen molar-refractivity contribution in [2.75, 3.05) is 7.11 Å². The molecule has 0 aliphatic carbocycles. The third-order valence-electron chi connectivity index (χ3n) is 2.75. The van der Waals surface area contributed by atoms with Gasteiger partial charge in [-0.1, -0.05) is 12.1 Å². The number of hydrogen-bond acceptors (Lipinski definition) is 2. The van der Waals surface area contributed by atoms with Crippen LogP contribution in [0.25, 0.3) is 11.1 Å². The molecule has 2 aromatic carbocycles. The fourth-order valence-electron chi connectivity index (χ4n) is 1.85. The molecule has 0 bridgehead atoms. The minimum Gasteiger partial charge on any atom is -0.494 e. The van der Waals surface area contributed by atoms with Gasteiger partial charge in [0, 0.05) is 6.54 Å². The van der Waals surface area contributed by atoms with Gasteiger partial charge in [0.25, 0.3) is 0 Å². The zero-order valence-electron chi connectivity index (χ0n) is 9.91. The van der Waals surface area contributed by atoms with E-state index < -0.39 is 5.82 Å². The van der Waals surface area contributed by atoms with Crippen molar-refractivity contribution in [2.24, 2.45) is 5.73 Å². The van der Waals surface area contributed by atoms with E-state index in [9.17, 15) is 8.78 Å². The molecule has 0 atom stereocenters. The molecule has 2 N–H and O–H groups in total. The quantitative estimate of drug-likeness (QED) is 0.907. The van der Waals surface area contributed by atoms with Gasteiger partial charge < -0.3 is 10.5 Å². The highest BCUT2D eigenvalue weighted by atomic mass is 19.1. The summed E-state index contributed by atoms with van der Waals surface area (Å²) in [7, 11) is 1.40. The fraction of sp³-hybridized carbons (Fsp3) is 0.143. The number of halogens is 2. The van der Waals surface area contributed by atoms with Crippen molar-refractivity contribution < 1.29 is 13.5 Å². The maximum absolute atomic E-state index is 13.6. The van der Waals surface area contributed by atoms with Crippen molar-refractivity contribution in [1.82, 2.24) is 0 Å². The monoisotopic (exact) mass is 249 g/mol. The summed E-state index contributed by atoms with van der Waals surface area (Å²) in [4.78, 5) is 0. The van der Waals surface area contributed by atoms with Crippen LogP contribution >= 0.6 is 0 Å². The van der Waals surface area contributed by atoms with E-state index >= 15 is 0 Å². The zero-order chi connectivity index (χ0) is 13.1. The highest BCUT2D eigenvalue weighted by Gasteiger charge is 2.09. The third kappa shape index (κ3) is 2.33. The van der Waals surface area contributed by atoms with Gasteiger partial charge >= 0.3 is 0 Å². The Morgan fingerprint density at radius 1 is 1.11 bits per heavy atom. The summed E-state index contributed by atoms with van der Waals surface area (Å²) >= 11 is 0. The Labute approximate surface area is 104 Å². The Morgan fingerprint density at radius 2 is 1.89 bits per heavy atom. The van der Waals surface area contributed by atoms with Crippen LogP contribution in [0.2, 0.25) is 0 Å². The van der Waals surface area contributed by atoms with Gasteiger partial charge in [0.2, 0.25) is 0 Å². The Balaban J connectivity index is 2.51. The van der Waals surface area contributed by atoms with E-state index in [2.05, 4.69) is 0 Å². The van der Waals surface area contributed by atoms with Gasteiger partial charge in [-0.25, -0.2) is 8.78 Å². The molecule has 2 nitrogen and oxygen atoms in total. The number of methoxy groups -OCH3 is 1. The predicted octanol–water partition coefficient (Wildman–Crippen LogP) is 3.10. The normalized spacial score (nSPS) is 10.4. The SMILES string of the molecule is COc1ccc(-c2ccc(F)cc2CN)cc1F. The topological polar surface area (TPSA) is 35.2 Å². The van der Waals surface area contributed by atoms with Crippen LogP contribution in [0, 0.1) is 11.6 Å². The lowest BCUT2D eigenvalue weighted by molar-refractivity contribution is 0.386. The largest absolute Gasteiger partial charge is 0.494 e. The lowest BCUT2D eigenvalue weighted by Gasteiger charge is -2.09. The summed E-state index contributed by atoms with van der Waals surface area (Å²) in [5, 5.41) is 0. The molecule has 0 unspecified atom stereocenters. The summed E-state index contributed by atoms with van der Waals surface area (Å²) in [5.41, 5.74) is 7.57. The van der Waals surface area contributed by atoms with Gasteiger partial charge in [-0.2, -0.15) is 0 Å². The standard InChI is InChI=1S/C14H13F2NO/c1-18-14-5-2-9(7-13(14)16)12-4-3-11(15)6-10(12)8-17/h2-7H,8,17H2,1H3. The van der Waals surface area contributed by atoms with Crippen LogP contribution in [-0.2, 0) is 6.54 Å². The molecule has 0 heterocycles. The summed E-state index contributed by atoms with van der Waals surface area (Å²) in [6, 6.07) is 8.89. The smallest absolute Gasteiger partial charge is 0.165 e. The third-order valence-corrected chi connectivity index (χ3v) is 2.75.